The molecule has 0 saturated heterocycles. The molecule has 0 saturated carbocycles. The van der Waals surface area contributed by atoms with Crippen molar-refractivity contribution in [1.82, 2.24) is 4.98 Å². The largest absolute Gasteiger partial charge is 0.496 e. The number of primary amides is 1. The van der Waals surface area contributed by atoms with Gasteiger partial charge in [-0.3, -0.25) is 9.59 Å². The predicted octanol–water partition coefficient (Wildman–Crippen LogP) is 4.24. The predicted molar refractivity (Wildman–Crippen MR) is 127 cm³/mol. The number of amides is 1. The zero-order chi connectivity index (χ0) is 23.4. The van der Waals surface area contributed by atoms with Crippen LogP contribution < -0.4 is 10.5 Å². The number of para-hydroxylation sites is 2. The van der Waals surface area contributed by atoms with Gasteiger partial charge in [-0.1, -0.05) is 60.7 Å². The average Bonchev–Trinajstić information content (AvgIpc) is 2.85. The van der Waals surface area contributed by atoms with E-state index >= 15 is 0 Å². The third-order valence-corrected chi connectivity index (χ3v) is 5.61. The first-order valence-corrected chi connectivity index (χ1v) is 10.5. The van der Waals surface area contributed by atoms with Crippen molar-refractivity contribution in [3.05, 3.63) is 95.6 Å². The van der Waals surface area contributed by atoms with Gasteiger partial charge in [-0.2, -0.15) is 0 Å². The molecule has 6 heteroatoms. The second-order valence-corrected chi connectivity index (χ2v) is 7.58. The molecule has 4 aromatic rings. The van der Waals surface area contributed by atoms with Gasteiger partial charge in [-0.25, -0.2) is 4.98 Å². The second kappa shape index (κ2) is 9.53. The Labute approximate surface area is 192 Å². The third kappa shape index (κ3) is 4.28. The lowest BCUT2D eigenvalue weighted by atomic mass is 9.82. The monoisotopic (exact) mass is 440 g/mol. The number of rotatable bonds is 7. The minimum Gasteiger partial charge on any atom is -0.496 e. The quantitative estimate of drug-likeness (QED) is 0.434. The number of aromatic nitrogens is 1. The fourth-order valence-corrected chi connectivity index (χ4v) is 4.20. The van der Waals surface area contributed by atoms with E-state index in [4.69, 9.17) is 20.2 Å². The van der Waals surface area contributed by atoms with E-state index in [1.54, 1.807) is 7.11 Å². The zero-order valence-electron chi connectivity index (χ0n) is 18.4. The lowest BCUT2D eigenvalue weighted by molar-refractivity contribution is -0.141. The first kappa shape index (κ1) is 22.0. The van der Waals surface area contributed by atoms with E-state index in [0.29, 0.717) is 33.7 Å². The van der Waals surface area contributed by atoms with Gasteiger partial charge >= 0.3 is 5.97 Å². The number of ether oxygens (including phenoxy) is 2. The number of pyridine rings is 1. The average molecular weight is 440 g/mol. The van der Waals surface area contributed by atoms with E-state index in [-0.39, 0.29) is 6.42 Å². The molecule has 0 aliphatic rings. The van der Waals surface area contributed by atoms with E-state index in [2.05, 4.69) is 0 Å². The van der Waals surface area contributed by atoms with Gasteiger partial charge < -0.3 is 15.2 Å². The molecule has 33 heavy (non-hydrogen) atoms. The lowest BCUT2D eigenvalue weighted by Gasteiger charge is -2.24. The van der Waals surface area contributed by atoms with Crippen LogP contribution in [0, 0.1) is 0 Å². The highest BCUT2D eigenvalue weighted by Gasteiger charge is 2.32. The van der Waals surface area contributed by atoms with Crippen LogP contribution in [0.5, 0.6) is 5.75 Å². The first-order valence-electron chi connectivity index (χ1n) is 10.5. The summed E-state index contributed by atoms with van der Waals surface area (Å²) >= 11 is 0. The Hall–Kier alpha value is -4.19. The molecule has 1 atom stereocenters. The number of hydrogen-bond donors (Lipinski definition) is 1. The van der Waals surface area contributed by atoms with Crippen molar-refractivity contribution in [2.45, 2.75) is 12.3 Å². The topological polar surface area (TPSA) is 91.5 Å². The Kier molecular flexibility index (Phi) is 6.36. The van der Waals surface area contributed by atoms with E-state index in [9.17, 15) is 9.59 Å². The number of hydrogen-bond acceptors (Lipinski definition) is 5. The summed E-state index contributed by atoms with van der Waals surface area (Å²) in [5.74, 6) is -1.18. The molecule has 0 radical (unpaired) electrons. The number of nitrogens with two attached hydrogens (primary N) is 1. The Morgan fingerprint density at radius 3 is 2.27 bits per heavy atom. The second-order valence-electron chi connectivity index (χ2n) is 7.58. The van der Waals surface area contributed by atoms with Gasteiger partial charge in [0.2, 0.25) is 5.91 Å². The highest BCUT2D eigenvalue weighted by molar-refractivity contribution is 5.96. The Morgan fingerprint density at radius 2 is 1.58 bits per heavy atom. The van der Waals surface area contributed by atoms with E-state index in [0.717, 1.165) is 10.9 Å². The maximum absolute atomic E-state index is 13.2. The smallest absolute Gasteiger partial charge is 0.317 e. The molecule has 1 unspecified atom stereocenters. The summed E-state index contributed by atoms with van der Waals surface area (Å²) < 4.78 is 10.8. The summed E-state index contributed by atoms with van der Waals surface area (Å²) in [6.45, 7) is 0. The summed E-state index contributed by atoms with van der Waals surface area (Å²) in [4.78, 5) is 30.4. The molecule has 0 aliphatic carbocycles. The Bertz CT molecular complexity index is 1320. The van der Waals surface area contributed by atoms with Crippen LogP contribution in [0.1, 0.15) is 22.6 Å². The van der Waals surface area contributed by atoms with Gasteiger partial charge in [0.1, 0.15) is 11.7 Å². The fourth-order valence-electron chi connectivity index (χ4n) is 4.20. The van der Waals surface area contributed by atoms with E-state index in [1.165, 1.54) is 7.11 Å². The summed E-state index contributed by atoms with van der Waals surface area (Å²) in [6, 6.07) is 24.3. The van der Waals surface area contributed by atoms with Crippen LogP contribution >= 0.6 is 0 Å². The van der Waals surface area contributed by atoms with Crippen molar-refractivity contribution in [2.75, 3.05) is 14.2 Å². The Morgan fingerprint density at radius 1 is 0.909 bits per heavy atom. The van der Waals surface area contributed by atoms with Crippen molar-refractivity contribution < 1.29 is 19.1 Å². The van der Waals surface area contributed by atoms with Crippen LogP contribution in [0.4, 0.5) is 0 Å². The van der Waals surface area contributed by atoms with Crippen LogP contribution in [0.25, 0.3) is 22.2 Å². The number of methoxy groups -OCH3 is 2. The SMILES string of the molecule is COC(=O)C(c1ccccc1)c1c(-c2ccccc2OC)nc2ccccc2c1CC(N)=O. The number of fused-ring (bicyclic) bond motifs is 1. The maximum atomic E-state index is 13.2. The number of nitrogens with zero attached hydrogens (tertiary/aromatic N) is 1. The molecule has 6 nitrogen and oxygen atoms in total. The third-order valence-electron chi connectivity index (χ3n) is 5.61. The van der Waals surface area contributed by atoms with Crippen molar-refractivity contribution in [2.24, 2.45) is 5.73 Å². The van der Waals surface area contributed by atoms with Crippen molar-refractivity contribution >= 4 is 22.8 Å². The molecular weight excluding hydrogens is 416 g/mol. The number of benzene rings is 3. The van der Waals surface area contributed by atoms with E-state index in [1.807, 2.05) is 78.9 Å². The van der Waals surface area contributed by atoms with Gasteiger partial charge in [-0.15, -0.1) is 0 Å². The van der Waals surface area contributed by atoms with Gasteiger partial charge in [0.15, 0.2) is 0 Å². The molecule has 1 aromatic heterocycles. The molecule has 0 fully saturated rings. The van der Waals surface area contributed by atoms with Crippen LogP contribution in [-0.2, 0) is 20.7 Å². The van der Waals surface area contributed by atoms with Gasteiger partial charge in [-0.05, 0) is 29.3 Å². The highest BCUT2D eigenvalue weighted by Crippen LogP contribution is 2.41. The highest BCUT2D eigenvalue weighted by atomic mass is 16.5. The molecule has 4 rings (SSSR count). The molecule has 1 heterocycles. The van der Waals surface area contributed by atoms with Crippen molar-refractivity contribution in [1.29, 1.82) is 0 Å². The van der Waals surface area contributed by atoms with Gasteiger partial charge in [0.25, 0.3) is 0 Å². The molecule has 1 amide bonds. The molecule has 2 N–H and O–H groups in total. The van der Waals surface area contributed by atoms with Crippen molar-refractivity contribution in [3.8, 4) is 17.0 Å². The minimum absolute atomic E-state index is 0.0547. The summed E-state index contributed by atoms with van der Waals surface area (Å²) in [5.41, 5.74) is 9.57. The van der Waals surface area contributed by atoms with Gasteiger partial charge in [0.05, 0.1) is 31.9 Å². The number of carbonyl (C=O) groups excluding carboxylic acids is 2. The van der Waals surface area contributed by atoms with Crippen LogP contribution in [-0.4, -0.2) is 31.1 Å². The molecular formula is C27H24N2O4. The summed E-state index contributed by atoms with van der Waals surface area (Å²) in [7, 11) is 2.93. The number of carbonyl (C=O) groups is 2. The minimum atomic E-state index is -0.817. The maximum Gasteiger partial charge on any atom is 0.317 e. The summed E-state index contributed by atoms with van der Waals surface area (Å²) in [6.07, 6.45) is -0.0547. The van der Waals surface area contributed by atoms with Crippen LogP contribution in [0.2, 0.25) is 0 Å². The van der Waals surface area contributed by atoms with E-state index < -0.39 is 17.8 Å². The first-order chi connectivity index (χ1) is 16.0. The van der Waals surface area contributed by atoms with Gasteiger partial charge in [0, 0.05) is 16.5 Å². The van der Waals surface area contributed by atoms with Crippen LogP contribution in [0.3, 0.4) is 0 Å². The molecule has 3 aromatic carbocycles. The molecule has 166 valence electrons. The standard InChI is InChI=1S/C27H24N2O4/c1-32-22-15-9-7-13-19(22)26-25(24(27(31)33-2)17-10-4-3-5-11-17)20(16-23(28)30)18-12-6-8-14-21(18)29-26/h3-15,24H,16H2,1-2H3,(H2,28,30). The molecule has 0 bridgehead atoms. The fraction of sp³-hybridized carbons (Fsp3) is 0.148. The lowest BCUT2D eigenvalue weighted by Crippen LogP contribution is -2.22. The number of esters is 1. The van der Waals surface area contributed by atoms with Crippen LogP contribution in [0.15, 0.2) is 78.9 Å². The molecule has 0 aliphatic heterocycles. The van der Waals surface area contributed by atoms with Crippen molar-refractivity contribution in [3.63, 3.8) is 0 Å². The Balaban J connectivity index is 2.17. The zero-order valence-corrected chi connectivity index (χ0v) is 18.4. The summed E-state index contributed by atoms with van der Waals surface area (Å²) in [5, 5.41) is 0.759. The normalized spacial score (nSPS) is 11.7. The molecule has 0 spiro atoms.